The first-order valence-corrected chi connectivity index (χ1v) is 18.5. The van der Waals surface area contributed by atoms with Crippen molar-refractivity contribution < 1.29 is 209 Å². The molecule has 36 nitrogen and oxygen atoms in total. The van der Waals surface area contributed by atoms with Crippen LogP contribution in [0.2, 0.25) is 0 Å². The van der Waals surface area contributed by atoms with Crippen LogP contribution in [-0.4, -0.2) is 340 Å². The first-order chi connectivity index (χ1) is 30.9. The minimum Gasteiger partial charge on any atom is -0.547 e. The molecule has 0 aromatic carbocycles. The van der Waals surface area contributed by atoms with Crippen molar-refractivity contribution in [2.45, 2.75) is 146 Å². The van der Waals surface area contributed by atoms with Gasteiger partial charge in [0.2, 0.25) is 0 Å². The second-order valence-corrected chi connectivity index (χ2v) is 13.9. The van der Waals surface area contributed by atoms with Crippen molar-refractivity contribution in [3.05, 3.63) is 0 Å². The van der Waals surface area contributed by atoms with Gasteiger partial charge < -0.3 is 183 Å². The third-order valence-corrected chi connectivity index (χ3v) is 8.78. The molecule has 0 spiro atoms. The van der Waals surface area contributed by atoms with Gasteiger partial charge in [-0.05, 0) is 0 Å². The molecule has 0 saturated heterocycles. The summed E-state index contributed by atoms with van der Waals surface area (Å²) in [5.74, 6) is -8.33. The molecule has 0 aliphatic carbocycles. The summed E-state index contributed by atoms with van der Waals surface area (Å²) in [7, 11) is 0. The number of aliphatic carboxylic acids is 4. The maximum Gasteiger partial charge on any atom is 4.00 e. The van der Waals surface area contributed by atoms with E-state index in [1.807, 2.05) is 0 Å². The van der Waals surface area contributed by atoms with Gasteiger partial charge in [0.05, 0.1) is 50.3 Å². The number of aliphatic hydroxyl groups is 28. The van der Waals surface area contributed by atoms with Crippen LogP contribution in [0.5, 0.6) is 0 Å². The molecule has 0 aliphatic heterocycles. The van der Waals surface area contributed by atoms with Gasteiger partial charge in [-0.25, -0.2) is 0 Å². The number of hydrogen-bond donors (Lipinski definition) is 28. The van der Waals surface area contributed by atoms with Crippen LogP contribution < -0.4 is 20.4 Å². The van der Waals surface area contributed by atoms with Gasteiger partial charge in [0.1, 0.15) is 146 Å². The van der Waals surface area contributed by atoms with Gasteiger partial charge in [0, 0.05) is 0 Å². The van der Waals surface area contributed by atoms with Crippen LogP contribution in [0.15, 0.2) is 0 Å². The van der Waals surface area contributed by atoms with E-state index in [0.29, 0.717) is 0 Å². The summed E-state index contributed by atoms with van der Waals surface area (Å²) in [5, 5.41) is 292. The summed E-state index contributed by atoms with van der Waals surface area (Å²) in [5.41, 5.74) is 0. The monoisotopic (exact) mass is 1110 g/mol. The van der Waals surface area contributed by atoms with E-state index in [1.165, 1.54) is 0 Å². The minimum absolute atomic E-state index is 0. The average Bonchev–Trinajstić information content (AvgIpc) is 3.32. The van der Waals surface area contributed by atoms with Crippen molar-refractivity contribution in [3.8, 4) is 0 Å². The number of hydrogen-bond acceptors (Lipinski definition) is 36. The first-order valence-electron chi connectivity index (χ1n) is 18.5. The van der Waals surface area contributed by atoms with E-state index in [4.69, 9.17) is 102 Å². The molecule has 0 radical (unpaired) electrons. The Morgan fingerprint density at radius 2 is 0.333 bits per heavy atom. The van der Waals surface area contributed by atoms with Crippen LogP contribution >= 0.6 is 0 Å². The maximum absolute atomic E-state index is 10.2. The standard InChI is InChI=1S/4C8H16O9.Zr/c4*9-1-2(10)3(11)4(12)5(13)6(14)7(15)8(16)17;/h4*2-7,9-15H,1H2,(H,16,17);/q;;;;+4/p-4. The molecule has 0 saturated carbocycles. The molecule has 0 rings (SSSR count). The van der Waals surface area contributed by atoms with Crippen molar-refractivity contribution >= 4 is 23.9 Å². The first kappa shape index (κ1) is 75.6. The Labute approximate surface area is 404 Å². The van der Waals surface area contributed by atoms with E-state index in [0.717, 1.165) is 0 Å². The number of carbonyl (C=O) groups is 4. The number of rotatable bonds is 28. The molecule has 0 aromatic heterocycles. The molecule has 0 fully saturated rings. The van der Waals surface area contributed by atoms with Gasteiger partial charge >= 0.3 is 26.2 Å². The molecule has 0 heterocycles. The molecule has 0 aliphatic rings. The Kier molecular flexibility index (Phi) is 41.0. The van der Waals surface area contributed by atoms with Crippen molar-refractivity contribution in [2.75, 3.05) is 26.4 Å². The molecule has 408 valence electrons. The quantitative estimate of drug-likeness (QED) is 0.0346. The van der Waals surface area contributed by atoms with Crippen LogP contribution in [0.1, 0.15) is 0 Å². The maximum atomic E-state index is 10.2. The van der Waals surface area contributed by atoms with Gasteiger partial charge in [0.25, 0.3) is 0 Å². The van der Waals surface area contributed by atoms with Crippen LogP contribution in [0.3, 0.4) is 0 Å². The van der Waals surface area contributed by atoms with Crippen molar-refractivity contribution in [1.29, 1.82) is 0 Å². The number of carboxylic acid groups (broad SMARTS) is 4. The Morgan fingerprint density at radius 3 is 0.420 bits per heavy atom. The molecule has 24 unspecified atom stereocenters. The molecule has 24 atom stereocenters. The third kappa shape index (κ3) is 25.7. The van der Waals surface area contributed by atoms with E-state index in [2.05, 4.69) is 0 Å². The van der Waals surface area contributed by atoms with Crippen molar-refractivity contribution in [2.24, 2.45) is 0 Å². The summed E-state index contributed by atoms with van der Waals surface area (Å²) < 4.78 is 0. The summed E-state index contributed by atoms with van der Waals surface area (Å²) in [4.78, 5) is 40.6. The molecule has 28 N–H and O–H groups in total. The molecule has 0 bridgehead atoms. The normalized spacial score (nSPS) is 22.0. The van der Waals surface area contributed by atoms with Gasteiger partial charge in [-0.1, -0.05) is 0 Å². The van der Waals surface area contributed by atoms with E-state index in [-0.39, 0.29) is 26.2 Å². The van der Waals surface area contributed by atoms with Gasteiger partial charge in [-0.15, -0.1) is 0 Å². The SMILES string of the molecule is O=C([O-])C(O)C(O)C(O)C(O)C(O)C(O)CO.O=C([O-])C(O)C(O)C(O)C(O)C(O)C(O)CO.O=C([O-])C(O)C(O)C(O)C(O)C(O)C(O)CO.O=C([O-])C(O)C(O)C(O)C(O)C(O)C(O)CO.[Zr+4]. The van der Waals surface area contributed by atoms with E-state index >= 15 is 0 Å². The molecule has 37 heteroatoms. The fourth-order valence-corrected chi connectivity index (χ4v) is 4.26. The summed E-state index contributed by atoms with van der Waals surface area (Å²) in [6.45, 7) is -3.71. The minimum atomic E-state index is -2.47. The van der Waals surface area contributed by atoms with Crippen LogP contribution in [-0.2, 0) is 45.4 Å². The molecule has 0 aromatic rings. The van der Waals surface area contributed by atoms with Crippen LogP contribution in [0, 0.1) is 0 Å². The summed E-state index contributed by atoms with van der Waals surface area (Å²) in [6, 6.07) is 0. The Bertz CT molecular complexity index is 1190. The molecular weight excluding hydrogens is 1050 g/mol. The van der Waals surface area contributed by atoms with Crippen molar-refractivity contribution in [1.82, 2.24) is 0 Å². The topological polar surface area (TPSA) is 727 Å². The summed E-state index contributed by atoms with van der Waals surface area (Å²) in [6.07, 6.45) is -52.2. The Morgan fingerprint density at radius 1 is 0.232 bits per heavy atom. The zero-order valence-electron chi connectivity index (χ0n) is 35.0. The average molecular weight is 1110 g/mol. The van der Waals surface area contributed by atoms with E-state index in [9.17, 15) is 80.5 Å². The van der Waals surface area contributed by atoms with Crippen LogP contribution in [0.4, 0.5) is 0 Å². The third-order valence-electron chi connectivity index (χ3n) is 8.78. The second kappa shape index (κ2) is 37.4. The predicted octanol–water partition coefficient (Wildman–Crippen LogP) is -24.4. The second-order valence-electron chi connectivity index (χ2n) is 13.9. The van der Waals surface area contributed by atoms with E-state index in [1.54, 1.807) is 0 Å². The Balaban J connectivity index is -0.000000263. The fourth-order valence-electron chi connectivity index (χ4n) is 4.26. The van der Waals surface area contributed by atoms with Crippen LogP contribution in [0.25, 0.3) is 0 Å². The van der Waals surface area contributed by atoms with Gasteiger partial charge in [-0.2, -0.15) is 0 Å². The largest absolute Gasteiger partial charge is 4.00 e. The summed E-state index contributed by atoms with van der Waals surface area (Å²) >= 11 is 0. The Hall–Kier alpha value is -2.36. The van der Waals surface area contributed by atoms with Gasteiger partial charge in [-0.3, -0.25) is 0 Å². The van der Waals surface area contributed by atoms with Crippen molar-refractivity contribution in [3.63, 3.8) is 0 Å². The number of carbonyl (C=O) groups excluding carboxylic acids is 4. The zero-order valence-corrected chi connectivity index (χ0v) is 37.4. The van der Waals surface area contributed by atoms with E-state index < -0.39 is 197 Å². The smallest absolute Gasteiger partial charge is 0.547 e. The molecule has 0 amide bonds. The van der Waals surface area contributed by atoms with Gasteiger partial charge in [0.15, 0.2) is 0 Å². The number of aliphatic hydroxyl groups excluding tert-OH is 28. The number of carboxylic acids is 4. The molecular formula is C32H60O36Zr. The zero-order chi connectivity index (χ0) is 55.0. The predicted molar refractivity (Wildman–Crippen MR) is 193 cm³/mol. The fraction of sp³-hybridized carbons (Fsp3) is 0.875. The molecule has 69 heavy (non-hydrogen) atoms.